The third-order valence-corrected chi connectivity index (χ3v) is 3.80. The van der Waals surface area contributed by atoms with E-state index in [-0.39, 0.29) is 6.04 Å². The molecule has 1 unspecified atom stereocenters. The summed E-state index contributed by atoms with van der Waals surface area (Å²) in [5.74, 6) is 1.89. The van der Waals surface area contributed by atoms with Gasteiger partial charge >= 0.3 is 0 Å². The first-order chi connectivity index (χ1) is 8.83. The van der Waals surface area contributed by atoms with Crippen LogP contribution in [0.25, 0.3) is 0 Å². The molecule has 2 N–H and O–H groups in total. The zero-order valence-corrected chi connectivity index (χ0v) is 10.5. The summed E-state index contributed by atoms with van der Waals surface area (Å²) in [6.45, 7) is 4.20. The smallest absolute Gasteiger partial charge is 0.229 e. The van der Waals surface area contributed by atoms with E-state index in [1.807, 2.05) is 0 Å². The second kappa shape index (κ2) is 5.34. The van der Waals surface area contributed by atoms with E-state index >= 15 is 0 Å². The Labute approximate surface area is 106 Å². The van der Waals surface area contributed by atoms with Gasteiger partial charge in [0.1, 0.15) is 0 Å². The van der Waals surface area contributed by atoms with E-state index in [0.29, 0.717) is 11.7 Å². The van der Waals surface area contributed by atoms with Crippen LogP contribution in [0.15, 0.2) is 4.52 Å². The number of nitrogens with two attached hydrogens (primary N) is 1. The molecule has 2 fully saturated rings. The number of hydrogen-bond donors (Lipinski definition) is 1. The minimum absolute atomic E-state index is 0.166. The van der Waals surface area contributed by atoms with Gasteiger partial charge in [-0.1, -0.05) is 11.6 Å². The third kappa shape index (κ3) is 2.55. The second-order valence-electron chi connectivity index (χ2n) is 5.14. The highest BCUT2D eigenvalue weighted by Gasteiger charge is 2.27. The molecular formula is C12H20N4O2. The average molecular weight is 252 g/mol. The van der Waals surface area contributed by atoms with Crippen molar-refractivity contribution in [1.29, 1.82) is 0 Å². The standard InChI is InChI=1S/C12H20N4O2/c13-10(8-16-4-6-17-7-5-16)11-14-12(18-15-11)9-2-1-3-9/h9-10H,1-8,13H2. The summed E-state index contributed by atoms with van der Waals surface area (Å²) >= 11 is 0. The molecule has 3 rings (SSSR count). The molecule has 0 amide bonds. The Morgan fingerprint density at radius 3 is 2.78 bits per heavy atom. The monoisotopic (exact) mass is 252 g/mol. The molecule has 100 valence electrons. The van der Waals surface area contributed by atoms with Crippen LogP contribution in [0.2, 0.25) is 0 Å². The van der Waals surface area contributed by atoms with Crippen LogP contribution in [0.1, 0.15) is 42.9 Å². The van der Waals surface area contributed by atoms with E-state index in [4.69, 9.17) is 15.0 Å². The molecule has 0 aromatic carbocycles. The van der Waals surface area contributed by atoms with Crippen molar-refractivity contribution in [2.24, 2.45) is 5.73 Å². The largest absolute Gasteiger partial charge is 0.379 e. The highest BCUT2D eigenvalue weighted by molar-refractivity contribution is 5.01. The van der Waals surface area contributed by atoms with Crippen LogP contribution < -0.4 is 5.73 Å². The molecule has 1 saturated carbocycles. The lowest BCUT2D eigenvalue weighted by Gasteiger charge is -2.28. The average Bonchev–Trinajstić information content (AvgIpc) is 2.77. The first kappa shape index (κ1) is 12.1. The fraction of sp³-hybridized carbons (Fsp3) is 0.833. The third-order valence-electron chi connectivity index (χ3n) is 3.80. The van der Waals surface area contributed by atoms with Gasteiger partial charge in [0, 0.05) is 25.6 Å². The molecule has 18 heavy (non-hydrogen) atoms. The van der Waals surface area contributed by atoms with Crippen molar-refractivity contribution in [1.82, 2.24) is 15.0 Å². The van der Waals surface area contributed by atoms with Crippen molar-refractivity contribution in [3.63, 3.8) is 0 Å². The first-order valence-corrected chi connectivity index (χ1v) is 6.72. The summed E-state index contributed by atoms with van der Waals surface area (Å²) in [7, 11) is 0. The van der Waals surface area contributed by atoms with E-state index in [1.165, 1.54) is 19.3 Å². The zero-order chi connectivity index (χ0) is 12.4. The van der Waals surface area contributed by atoms with Crippen molar-refractivity contribution >= 4 is 0 Å². The summed E-state index contributed by atoms with van der Waals surface area (Å²) in [4.78, 5) is 6.72. The normalized spacial score (nSPS) is 23.8. The predicted octanol–water partition coefficient (Wildman–Crippen LogP) is 0.669. The molecular weight excluding hydrogens is 232 g/mol. The van der Waals surface area contributed by atoms with E-state index in [0.717, 1.165) is 38.7 Å². The van der Waals surface area contributed by atoms with E-state index in [1.54, 1.807) is 0 Å². The molecule has 1 atom stereocenters. The van der Waals surface area contributed by atoms with Crippen molar-refractivity contribution in [2.75, 3.05) is 32.8 Å². The van der Waals surface area contributed by atoms with Crippen LogP contribution in [0, 0.1) is 0 Å². The molecule has 6 nitrogen and oxygen atoms in total. The Morgan fingerprint density at radius 1 is 1.33 bits per heavy atom. The molecule has 0 radical (unpaired) electrons. The van der Waals surface area contributed by atoms with Gasteiger partial charge in [0.15, 0.2) is 5.82 Å². The topological polar surface area (TPSA) is 77.4 Å². The lowest BCUT2D eigenvalue weighted by atomic mass is 9.85. The summed E-state index contributed by atoms with van der Waals surface area (Å²) in [6.07, 6.45) is 3.60. The molecule has 1 aromatic heterocycles. The molecule has 0 spiro atoms. The van der Waals surface area contributed by atoms with Gasteiger partial charge in [-0.3, -0.25) is 4.90 Å². The number of nitrogens with zero attached hydrogens (tertiary/aromatic N) is 3. The summed E-state index contributed by atoms with van der Waals surface area (Å²) in [6, 6.07) is -0.166. The lowest BCUT2D eigenvalue weighted by molar-refractivity contribution is 0.0348. The Kier molecular flexibility index (Phi) is 3.58. The summed E-state index contributed by atoms with van der Waals surface area (Å²) in [5.41, 5.74) is 6.13. The number of morpholine rings is 1. The van der Waals surface area contributed by atoms with Gasteiger partial charge in [0.25, 0.3) is 0 Å². The van der Waals surface area contributed by atoms with E-state index in [2.05, 4.69) is 15.0 Å². The maximum Gasteiger partial charge on any atom is 0.229 e. The zero-order valence-electron chi connectivity index (χ0n) is 10.5. The Bertz CT molecular complexity index is 385. The van der Waals surface area contributed by atoms with Crippen molar-refractivity contribution in [3.05, 3.63) is 11.7 Å². The summed E-state index contributed by atoms with van der Waals surface area (Å²) in [5, 5.41) is 4.02. The fourth-order valence-corrected chi connectivity index (χ4v) is 2.36. The number of hydrogen-bond acceptors (Lipinski definition) is 6. The maximum atomic E-state index is 6.13. The minimum Gasteiger partial charge on any atom is -0.379 e. The number of ether oxygens (including phenoxy) is 1. The van der Waals surface area contributed by atoms with Gasteiger partial charge in [-0.25, -0.2) is 0 Å². The summed E-state index contributed by atoms with van der Waals surface area (Å²) < 4.78 is 10.6. The molecule has 1 aliphatic heterocycles. The van der Waals surface area contributed by atoms with Crippen LogP contribution in [0.3, 0.4) is 0 Å². The van der Waals surface area contributed by atoms with Crippen LogP contribution in [-0.2, 0) is 4.74 Å². The van der Waals surface area contributed by atoms with Gasteiger partial charge < -0.3 is 15.0 Å². The second-order valence-corrected chi connectivity index (χ2v) is 5.14. The van der Waals surface area contributed by atoms with E-state index in [9.17, 15) is 0 Å². The van der Waals surface area contributed by atoms with Crippen LogP contribution in [-0.4, -0.2) is 47.9 Å². The highest BCUT2D eigenvalue weighted by Crippen LogP contribution is 2.35. The minimum atomic E-state index is -0.166. The van der Waals surface area contributed by atoms with Crippen molar-refractivity contribution < 1.29 is 9.26 Å². The Balaban J connectivity index is 1.57. The predicted molar refractivity (Wildman–Crippen MR) is 65.1 cm³/mol. The van der Waals surface area contributed by atoms with Gasteiger partial charge in [-0.2, -0.15) is 4.98 Å². The van der Waals surface area contributed by atoms with Gasteiger partial charge in [-0.15, -0.1) is 0 Å². The fourth-order valence-electron chi connectivity index (χ4n) is 2.36. The highest BCUT2D eigenvalue weighted by atomic mass is 16.5. The van der Waals surface area contributed by atoms with Gasteiger partial charge in [-0.05, 0) is 12.8 Å². The molecule has 6 heteroatoms. The lowest BCUT2D eigenvalue weighted by Crippen LogP contribution is -2.40. The van der Waals surface area contributed by atoms with Gasteiger partial charge in [0.2, 0.25) is 5.89 Å². The molecule has 0 bridgehead atoms. The molecule has 2 heterocycles. The molecule has 2 aliphatic rings. The Morgan fingerprint density at radius 2 is 2.11 bits per heavy atom. The number of aromatic nitrogens is 2. The van der Waals surface area contributed by atoms with Crippen LogP contribution >= 0.6 is 0 Å². The van der Waals surface area contributed by atoms with Crippen LogP contribution in [0.5, 0.6) is 0 Å². The molecule has 1 aromatic rings. The van der Waals surface area contributed by atoms with Crippen LogP contribution in [0.4, 0.5) is 0 Å². The maximum absolute atomic E-state index is 6.13. The molecule has 1 aliphatic carbocycles. The first-order valence-electron chi connectivity index (χ1n) is 6.72. The molecule has 1 saturated heterocycles. The Hall–Kier alpha value is -0.980. The number of rotatable bonds is 4. The van der Waals surface area contributed by atoms with E-state index < -0.39 is 0 Å². The van der Waals surface area contributed by atoms with Crippen molar-refractivity contribution in [3.8, 4) is 0 Å². The van der Waals surface area contributed by atoms with Gasteiger partial charge in [0.05, 0.1) is 19.3 Å². The SMILES string of the molecule is NC(CN1CCOCC1)c1noc(C2CCC2)n1. The van der Waals surface area contributed by atoms with Crippen molar-refractivity contribution in [2.45, 2.75) is 31.2 Å². The quantitative estimate of drug-likeness (QED) is 0.848.